The van der Waals surface area contributed by atoms with Crippen molar-refractivity contribution >= 4 is 16.9 Å². The molecule has 3 N–H and O–H groups in total. The second kappa shape index (κ2) is 7.50. The van der Waals surface area contributed by atoms with Crippen molar-refractivity contribution in [3.8, 4) is 11.6 Å². The minimum atomic E-state index is -0.934. The zero-order valence-electron chi connectivity index (χ0n) is 14.9. The van der Waals surface area contributed by atoms with E-state index in [2.05, 4.69) is 14.5 Å². The third kappa shape index (κ3) is 3.56. The van der Waals surface area contributed by atoms with Crippen LogP contribution in [0.1, 0.15) is 21.6 Å². The van der Waals surface area contributed by atoms with E-state index in [1.165, 1.54) is 6.33 Å². The van der Waals surface area contributed by atoms with Gasteiger partial charge in [-0.3, -0.25) is 0 Å². The Bertz CT molecular complexity index is 1150. The SMILES string of the molecule is NCc1cc(Oc2cccc3c2ccn3Cc2cccc(C(=O)O)c2)ncn1. The number of carboxylic acids is 1. The standard InChI is InChI=1S/C21H18N4O3/c22-11-16-10-20(24-13-23-16)28-19-6-2-5-18-17(19)7-8-25(18)12-14-3-1-4-15(9-14)21(26)27/h1-10,13H,11-12,22H2,(H,26,27). The van der Waals surface area contributed by atoms with Crippen LogP contribution in [0.3, 0.4) is 0 Å². The minimum Gasteiger partial charge on any atom is -0.478 e. The quantitative estimate of drug-likeness (QED) is 0.536. The van der Waals surface area contributed by atoms with Gasteiger partial charge in [0, 0.05) is 30.7 Å². The lowest BCUT2D eigenvalue weighted by Crippen LogP contribution is -2.02. The zero-order chi connectivity index (χ0) is 19.5. The van der Waals surface area contributed by atoms with Crippen LogP contribution in [-0.4, -0.2) is 25.6 Å². The first kappa shape index (κ1) is 17.7. The topological polar surface area (TPSA) is 103 Å². The second-order valence-corrected chi connectivity index (χ2v) is 6.29. The van der Waals surface area contributed by atoms with Crippen molar-refractivity contribution in [1.29, 1.82) is 0 Å². The highest BCUT2D eigenvalue weighted by Gasteiger charge is 2.10. The molecule has 7 heteroatoms. The monoisotopic (exact) mass is 374 g/mol. The molecule has 0 saturated carbocycles. The maximum Gasteiger partial charge on any atom is 0.335 e. The van der Waals surface area contributed by atoms with Gasteiger partial charge in [0.1, 0.15) is 12.1 Å². The summed E-state index contributed by atoms with van der Waals surface area (Å²) in [6.07, 6.45) is 3.38. The molecule has 2 aromatic carbocycles. The lowest BCUT2D eigenvalue weighted by molar-refractivity contribution is 0.0696. The number of carboxylic acid groups (broad SMARTS) is 1. The number of fused-ring (bicyclic) bond motifs is 1. The van der Waals surface area contributed by atoms with E-state index < -0.39 is 5.97 Å². The number of carbonyl (C=O) groups is 1. The van der Waals surface area contributed by atoms with E-state index in [0.717, 1.165) is 16.5 Å². The third-order valence-corrected chi connectivity index (χ3v) is 4.42. The molecule has 0 amide bonds. The Morgan fingerprint density at radius 1 is 1.11 bits per heavy atom. The Hall–Kier alpha value is -3.71. The van der Waals surface area contributed by atoms with Crippen LogP contribution in [0.2, 0.25) is 0 Å². The number of nitrogens with zero attached hydrogens (tertiary/aromatic N) is 3. The first-order valence-corrected chi connectivity index (χ1v) is 8.73. The molecule has 2 heterocycles. The fourth-order valence-corrected chi connectivity index (χ4v) is 3.08. The smallest absolute Gasteiger partial charge is 0.335 e. The molecule has 4 rings (SSSR count). The largest absolute Gasteiger partial charge is 0.478 e. The zero-order valence-corrected chi connectivity index (χ0v) is 14.9. The Kier molecular flexibility index (Phi) is 4.74. The van der Waals surface area contributed by atoms with Gasteiger partial charge in [0.2, 0.25) is 5.88 Å². The molecule has 0 bridgehead atoms. The fourth-order valence-electron chi connectivity index (χ4n) is 3.08. The average Bonchev–Trinajstić information content (AvgIpc) is 3.12. The molecule has 0 spiro atoms. The van der Waals surface area contributed by atoms with Gasteiger partial charge in [0.05, 0.1) is 16.8 Å². The van der Waals surface area contributed by atoms with Gasteiger partial charge in [-0.1, -0.05) is 18.2 Å². The van der Waals surface area contributed by atoms with Gasteiger partial charge in [-0.2, -0.15) is 0 Å². The van der Waals surface area contributed by atoms with Gasteiger partial charge < -0.3 is 20.1 Å². The van der Waals surface area contributed by atoms with E-state index in [9.17, 15) is 9.90 Å². The summed E-state index contributed by atoms with van der Waals surface area (Å²) < 4.78 is 8.00. The Morgan fingerprint density at radius 3 is 2.79 bits per heavy atom. The van der Waals surface area contributed by atoms with Crippen molar-refractivity contribution in [2.75, 3.05) is 0 Å². The van der Waals surface area contributed by atoms with Gasteiger partial charge in [0.25, 0.3) is 0 Å². The summed E-state index contributed by atoms with van der Waals surface area (Å²) in [6, 6.07) is 16.4. The van der Waals surface area contributed by atoms with Crippen LogP contribution < -0.4 is 10.5 Å². The van der Waals surface area contributed by atoms with Crippen molar-refractivity contribution < 1.29 is 14.6 Å². The van der Waals surface area contributed by atoms with Crippen LogP contribution in [0.25, 0.3) is 10.9 Å². The number of aromatic nitrogens is 3. The molecule has 0 unspecified atom stereocenters. The molecule has 2 aromatic heterocycles. The summed E-state index contributed by atoms with van der Waals surface area (Å²) in [5, 5.41) is 10.1. The Labute approximate surface area is 161 Å². The number of rotatable bonds is 6. The molecule has 0 aliphatic heterocycles. The average molecular weight is 374 g/mol. The molecule has 28 heavy (non-hydrogen) atoms. The number of ether oxygens (including phenoxy) is 1. The van der Waals surface area contributed by atoms with Gasteiger partial charge in [0.15, 0.2) is 0 Å². The summed E-state index contributed by atoms with van der Waals surface area (Å²) in [4.78, 5) is 19.4. The summed E-state index contributed by atoms with van der Waals surface area (Å²) in [5.74, 6) is 0.179. The van der Waals surface area contributed by atoms with Gasteiger partial charge in [-0.05, 0) is 35.9 Å². The predicted octanol–water partition coefficient (Wildman–Crippen LogP) is 3.43. The second-order valence-electron chi connectivity index (χ2n) is 6.29. The number of hydrogen-bond donors (Lipinski definition) is 2. The molecule has 7 nitrogen and oxygen atoms in total. The van der Waals surface area contributed by atoms with E-state index in [1.54, 1.807) is 24.3 Å². The molecule has 0 aliphatic carbocycles. The highest BCUT2D eigenvalue weighted by Crippen LogP contribution is 2.30. The summed E-state index contributed by atoms with van der Waals surface area (Å²) in [6.45, 7) is 0.869. The number of aromatic carboxylic acids is 1. The molecule has 0 atom stereocenters. The van der Waals surface area contributed by atoms with Crippen LogP contribution >= 0.6 is 0 Å². The van der Waals surface area contributed by atoms with Gasteiger partial charge in [-0.15, -0.1) is 0 Å². The third-order valence-electron chi connectivity index (χ3n) is 4.42. The van der Waals surface area contributed by atoms with Crippen LogP contribution in [0.4, 0.5) is 0 Å². The number of benzene rings is 2. The molecular formula is C21H18N4O3. The van der Waals surface area contributed by atoms with Crippen molar-refractivity contribution in [2.24, 2.45) is 5.73 Å². The van der Waals surface area contributed by atoms with Crippen LogP contribution in [0, 0.1) is 0 Å². The normalized spacial score (nSPS) is 10.9. The van der Waals surface area contributed by atoms with Crippen molar-refractivity contribution in [3.63, 3.8) is 0 Å². The minimum absolute atomic E-state index is 0.275. The Balaban J connectivity index is 1.65. The van der Waals surface area contributed by atoms with E-state index in [-0.39, 0.29) is 5.56 Å². The van der Waals surface area contributed by atoms with E-state index in [4.69, 9.17) is 10.5 Å². The summed E-state index contributed by atoms with van der Waals surface area (Å²) in [7, 11) is 0. The highest BCUT2D eigenvalue weighted by molar-refractivity contribution is 5.88. The predicted molar refractivity (Wildman–Crippen MR) is 104 cm³/mol. The molecule has 0 radical (unpaired) electrons. The molecule has 140 valence electrons. The fraction of sp³-hybridized carbons (Fsp3) is 0.0952. The van der Waals surface area contributed by atoms with Crippen LogP contribution in [-0.2, 0) is 13.1 Å². The molecule has 0 aliphatic rings. The number of nitrogens with two attached hydrogens (primary N) is 1. The van der Waals surface area contributed by atoms with Gasteiger partial charge in [-0.25, -0.2) is 14.8 Å². The Morgan fingerprint density at radius 2 is 1.96 bits per heavy atom. The van der Waals surface area contributed by atoms with E-state index in [1.807, 2.05) is 36.5 Å². The number of hydrogen-bond acceptors (Lipinski definition) is 5. The summed E-state index contributed by atoms with van der Waals surface area (Å²) in [5.41, 5.74) is 8.49. The first-order valence-electron chi connectivity index (χ1n) is 8.73. The maximum absolute atomic E-state index is 11.2. The molecule has 0 saturated heterocycles. The van der Waals surface area contributed by atoms with Crippen molar-refractivity contribution in [2.45, 2.75) is 13.1 Å². The highest BCUT2D eigenvalue weighted by atomic mass is 16.5. The maximum atomic E-state index is 11.2. The molecule has 0 fully saturated rings. The van der Waals surface area contributed by atoms with Crippen LogP contribution in [0.15, 0.2) is 67.1 Å². The van der Waals surface area contributed by atoms with E-state index in [0.29, 0.717) is 30.4 Å². The van der Waals surface area contributed by atoms with Gasteiger partial charge >= 0.3 is 5.97 Å². The van der Waals surface area contributed by atoms with Crippen LogP contribution in [0.5, 0.6) is 11.6 Å². The van der Waals surface area contributed by atoms with E-state index >= 15 is 0 Å². The van der Waals surface area contributed by atoms with Crippen molar-refractivity contribution in [1.82, 2.24) is 14.5 Å². The van der Waals surface area contributed by atoms with Crippen molar-refractivity contribution in [3.05, 3.63) is 83.9 Å². The lowest BCUT2D eigenvalue weighted by Gasteiger charge is -2.09. The summed E-state index contributed by atoms with van der Waals surface area (Å²) >= 11 is 0. The lowest BCUT2D eigenvalue weighted by atomic mass is 10.1. The first-order chi connectivity index (χ1) is 13.6. The molecular weight excluding hydrogens is 356 g/mol. The molecule has 4 aromatic rings.